The summed E-state index contributed by atoms with van der Waals surface area (Å²) in [5, 5.41) is 3.62. The summed E-state index contributed by atoms with van der Waals surface area (Å²) in [5.41, 5.74) is 7.33. The average molecular weight is 281 g/mol. The van der Waals surface area contributed by atoms with Crippen molar-refractivity contribution in [2.45, 2.75) is 6.92 Å². The van der Waals surface area contributed by atoms with E-state index in [1.165, 1.54) is 12.1 Å². The Morgan fingerprint density at radius 1 is 1.26 bits per heavy atom. The lowest BCUT2D eigenvalue weighted by atomic mass is 10.2. The van der Waals surface area contributed by atoms with Crippen molar-refractivity contribution in [3.63, 3.8) is 0 Å². The van der Waals surface area contributed by atoms with Crippen molar-refractivity contribution >= 4 is 28.7 Å². The number of nitrogens with one attached hydrogen (secondary N) is 1. The fourth-order valence-electron chi connectivity index (χ4n) is 1.65. The van der Waals surface area contributed by atoms with E-state index in [9.17, 15) is 4.39 Å². The quantitative estimate of drug-likeness (QED) is 0.825. The molecule has 5 heteroatoms. The molecule has 0 spiro atoms. The van der Waals surface area contributed by atoms with Gasteiger partial charge in [-0.15, -0.1) is 0 Å². The van der Waals surface area contributed by atoms with Crippen LogP contribution in [0.15, 0.2) is 36.4 Å². The average Bonchev–Trinajstić information content (AvgIpc) is 2.38. The first-order valence-corrected chi connectivity index (χ1v) is 6.23. The highest BCUT2D eigenvalue weighted by Crippen LogP contribution is 2.32. The molecule has 3 nitrogen and oxygen atoms in total. The van der Waals surface area contributed by atoms with Crippen molar-refractivity contribution in [2.75, 3.05) is 17.7 Å². The van der Waals surface area contributed by atoms with E-state index < -0.39 is 5.82 Å². The van der Waals surface area contributed by atoms with Gasteiger partial charge in [0.05, 0.1) is 28.7 Å². The van der Waals surface area contributed by atoms with E-state index in [-0.39, 0.29) is 5.75 Å². The minimum Gasteiger partial charge on any atom is -0.491 e. The van der Waals surface area contributed by atoms with Gasteiger partial charge in [-0.1, -0.05) is 23.7 Å². The molecule has 0 fully saturated rings. The Labute approximate surface area is 116 Å². The standard InChI is InChI=1S/C14H14ClFN2O/c1-2-19-14-8-13(11(17)7-10(14)16)18-12-6-4-3-5-9(12)15/h3-8,18H,2,17H2,1H3. The van der Waals surface area contributed by atoms with Crippen LogP contribution < -0.4 is 15.8 Å². The minimum atomic E-state index is -0.482. The first kappa shape index (κ1) is 13.5. The minimum absolute atomic E-state index is 0.159. The number of hydrogen-bond donors (Lipinski definition) is 2. The second kappa shape index (κ2) is 5.80. The number of anilines is 3. The van der Waals surface area contributed by atoms with Gasteiger partial charge in [0, 0.05) is 12.1 Å². The predicted octanol–water partition coefficient (Wildman–Crippen LogP) is 4.20. The molecule has 2 aromatic rings. The van der Waals surface area contributed by atoms with Crippen molar-refractivity contribution in [3.05, 3.63) is 47.2 Å². The van der Waals surface area contributed by atoms with Crippen LogP contribution in [0, 0.1) is 5.82 Å². The van der Waals surface area contributed by atoms with Crippen LogP contribution in [0.2, 0.25) is 5.02 Å². The van der Waals surface area contributed by atoms with Crippen LogP contribution in [0.25, 0.3) is 0 Å². The summed E-state index contributed by atoms with van der Waals surface area (Å²) in [4.78, 5) is 0. The molecule has 0 saturated heterocycles. The van der Waals surface area contributed by atoms with Crippen LogP contribution >= 0.6 is 11.6 Å². The lowest BCUT2D eigenvalue weighted by molar-refractivity contribution is 0.322. The topological polar surface area (TPSA) is 47.3 Å². The molecule has 0 aromatic heterocycles. The maximum absolute atomic E-state index is 13.6. The number of hydrogen-bond acceptors (Lipinski definition) is 3. The molecule has 0 atom stereocenters. The van der Waals surface area contributed by atoms with E-state index in [4.69, 9.17) is 22.1 Å². The van der Waals surface area contributed by atoms with Crippen molar-refractivity contribution in [3.8, 4) is 5.75 Å². The third kappa shape index (κ3) is 3.09. The smallest absolute Gasteiger partial charge is 0.167 e. The van der Waals surface area contributed by atoms with Crippen LogP contribution in [-0.2, 0) is 0 Å². The van der Waals surface area contributed by atoms with E-state index >= 15 is 0 Å². The lowest BCUT2D eigenvalue weighted by Crippen LogP contribution is -2.01. The first-order chi connectivity index (χ1) is 9.11. The van der Waals surface area contributed by atoms with Gasteiger partial charge in [0.1, 0.15) is 0 Å². The van der Waals surface area contributed by atoms with Crippen LogP contribution in [0.5, 0.6) is 5.75 Å². The number of para-hydroxylation sites is 1. The summed E-state index contributed by atoms with van der Waals surface area (Å²) < 4.78 is 18.8. The molecule has 0 bridgehead atoms. The monoisotopic (exact) mass is 280 g/mol. The van der Waals surface area contributed by atoms with E-state index in [0.29, 0.717) is 28.7 Å². The Bertz CT molecular complexity index is 590. The van der Waals surface area contributed by atoms with Crippen LogP contribution in [-0.4, -0.2) is 6.61 Å². The van der Waals surface area contributed by atoms with Gasteiger partial charge >= 0.3 is 0 Å². The summed E-state index contributed by atoms with van der Waals surface area (Å²) in [6, 6.07) is 9.99. The zero-order chi connectivity index (χ0) is 13.8. The summed E-state index contributed by atoms with van der Waals surface area (Å²) in [6.45, 7) is 2.17. The molecule has 0 aliphatic carbocycles. The molecule has 0 saturated carbocycles. The normalized spacial score (nSPS) is 10.3. The summed E-state index contributed by atoms with van der Waals surface area (Å²) in [7, 11) is 0. The third-order valence-corrected chi connectivity index (χ3v) is 2.88. The van der Waals surface area contributed by atoms with Gasteiger partial charge < -0.3 is 15.8 Å². The number of benzene rings is 2. The Morgan fingerprint density at radius 2 is 2.00 bits per heavy atom. The van der Waals surface area contributed by atoms with Crippen LogP contribution in [0.4, 0.5) is 21.5 Å². The number of ether oxygens (including phenoxy) is 1. The molecular formula is C14H14ClFN2O. The SMILES string of the molecule is CCOc1cc(Nc2ccccc2Cl)c(N)cc1F. The molecule has 0 amide bonds. The van der Waals surface area contributed by atoms with Crippen molar-refractivity contribution in [1.29, 1.82) is 0 Å². The highest BCUT2D eigenvalue weighted by molar-refractivity contribution is 6.33. The second-order valence-corrected chi connectivity index (χ2v) is 4.31. The zero-order valence-corrected chi connectivity index (χ0v) is 11.2. The van der Waals surface area contributed by atoms with E-state index in [1.807, 2.05) is 18.2 Å². The summed E-state index contributed by atoms with van der Waals surface area (Å²) in [6.07, 6.45) is 0. The predicted molar refractivity (Wildman–Crippen MR) is 76.7 cm³/mol. The Hall–Kier alpha value is -1.94. The Kier molecular flexibility index (Phi) is 4.12. The third-order valence-electron chi connectivity index (χ3n) is 2.55. The maximum atomic E-state index is 13.6. The number of rotatable bonds is 4. The summed E-state index contributed by atoms with van der Waals surface area (Å²) in [5.74, 6) is -0.324. The van der Waals surface area contributed by atoms with Crippen LogP contribution in [0.1, 0.15) is 6.92 Å². The molecule has 19 heavy (non-hydrogen) atoms. The maximum Gasteiger partial charge on any atom is 0.167 e. The molecule has 0 radical (unpaired) electrons. The molecule has 0 heterocycles. The molecular weight excluding hydrogens is 267 g/mol. The number of halogens is 2. The van der Waals surface area contributed by atoms with Gasteiger partial charge in [-0.25, -0.2) is 4.39 Å². The van der Waals surface area contributed by atoms with Crippen molar-refractivity contribution in [2.24, 2.45) is 0 Å². The molecule has 0 aliphatic rings. The van der Waals surface area contributed by atoms with Gasteiger partial charge in [-0.2, -0.15) is 0 Å². The highest BCUT2D eigenvalue weighted by atomic mass is 35.5. The fraction of sp³-hybridized carbons (Fsp3) is 0.143. The zero-order valence-electron chi connectivity index (χ0n) is 10.4. The van der Waals surface area contributed by atoms with Gasteiger partial charge in [0.2, 0.25) is 0 Å². The van der Waals surface area contributed by atoms with Gasteiger partial charge in [0.25, 0.3) is 0 Å². The van der Waals surface area contributed by atoms with Crippen LogP contribution in [0.3, 0.4) is 0 Å². The highest BCUT2D eigenvalue weighted by Gasteiger charge is 2.10. The van der Waals surface area contributed by atoms with Crippen molar-refractivity contribution in [1.82, 2.24) is 0 Å². The summed E-state index contributed by atoms with van der Waals surface area (Å²) >= 11 is 6.05. The molecule has 2 rings (SSSR count). The van der Waals surface area contributed by atoms with E-state index in [1.54, 1.807) is 13.0 Å². The first-order valence-electron chi connectivity index (χ1n) is 5.85. The van der Waals surface area contributed by atoms with Crippen molar-refractivity contribution < 1.29 is 9.13 Å². The number of nitrogen functional groups attached to an aromatic ring is 1. The largest absolute Gasteiger partial charge is 0.491 e. The molecule has 0 aliphatic heterocycles. The van der Waals surface area contributed by atoms with Gasteiger partial charge in [-0.05, 0) is 19.1 Å². The molecule has 0 unspecified atom stereocenters. The van der Waals surface area contributed by atoms with E-state index in [0.717, 1.165) is 0 Å². The molecule has 2 aromatic carbocycles. The fourth-order valence-corrected chi connectivity index (χ4v) is 1.83. The number of nitrogens with two attached hydrogens (primary N) is 1. The lowest BCUT2D eigenvalue weighted by Gasteiger charge is -2.13. The van der Waals surface area contributed by atoms with Gasteiger partial charge in [0.15, 0.2) is 11.6 Å². The molecule has 3 N–H and O–H groups in total. The Morgan fingerprint density at radius 3 is 2.68 bits per heavy atom. The Balaban J connectivity index is 2.34. The second-order valence-electron chi connectivity index (χ2n) is 3.91. The molecule has 100 valence electrons. The van der Waals surface area contributed by atoms with E-state index in [2.05, 4.69) is 5.32 Å². The van der Waals surface area contributed by atoms with Gasteiger partial charge in [-0.3, -0.25) is 0 Å².